The summed E-state index contributed by atoms with van der Waals surface area (Å²) in [5.74, 6) is 0.388. The van der Waals surface area contributed by atoms with E-state index in [-0.39, 0.29) is 17.9 Å². The molecule has 7 nitrogen and oxygen atoms in total. The molecule has 1 aromatic heterocycles. The van der Waals surface area contributed by atoms with Crippen LogP contribution in [0.5, 0.6) is 0 Å². The van der Waals surface area contributed by atoms with Gasteiger partial charge in [-0.2, -0.15) is 0 Å². The monoisotopic (exact) mass is 290 g/mol. The van der Waals surface area contributed by atoms with Crippen molar-refractivity contribution in [1.82, 2.24) is 19.4 Å². The molecular weight excluding hydrogens is 272 g/mol. The van der Waals surface area contributed by atoms with Gasteiger partial charge in [0.05, 0.1) is 19.1 Å². The van der Waals surface area contributed by atoms with E-state index in [0.717, 1.165) is 13.0 Å². The molecule has 0 saturated carbocycles. The Labute approximate surface area is 122 Å². The number of ether oxygens (including phenoxy) is 1. The highest BCUT2D eigenvalue weighted by Gasteiger charge is 2.61. The van der Waals surface area contributed by atoms with Gasteiger partial charge in [0.15, 0.2) is 11.5 Å². The lowest BCUT2D eigenvalue weighted by molar-refractivity contribution is -0.179. The Hall–Kier alpha value is -1.89. The largest absolute Gasteiger partial charge is 0.353 e. The van der Waals surface area contributed by atoms with Crippen LogP contribution in [-0.2, 0) is 16.6 Å². The highest BCUT2D eigenvalue weighted by Crippen LogP contribution is 2.45. The standard InChI is InChI=1S/C14H18N4O3/c1-16-7-4-15-12(16)13(20)17-6-3-14-10(17)9-11(19)18(14)5-2-8-21-14/h4,7,10H,2-3,5-6,8-9H2,1H3/t10-,14+/m1/s1. The Bertz CT molecular complexity index is 613. The molecule has 1 aromatic rings. The van der Waals surface area contributed by atoms with Crippen LogP contribution in [0, 0.1) is 0 Å². The van der Waals surface area contributed by atoms with Gasteiger partial charge in [-0.3, -0.25) is 9.59 Å². The summed E-state index contributed by atoms with van der Waals surface area (Å²) in [4.78, 5) is 32.7. The first-order valence-corrected chi connectivity index (χ1v) is 7.36. The van der Waals surface area contributed by atoms with Gasteiger partial charge >= 0.3 is 0 Å². The number of amides is 2. The summed E-state index contributed by atoms with van der Waals surface area (Å²) in [5, 5.41) is 0. The van der Waals surface area contributed by atoms with Crippen molar-refractivity contribution in [2.24, 2.45) is 7.05 Å². The maximum atomic E-state index is 12.7. The lowest BCUT2D eigenvalue weighted by Crippen LogP contribution is -2.56. The molecule has 0 unspecified atom stereocenters. The van der Waals surface area contributed by atoms with Crippen molar-refractivity contribution in [3.8, 4) is 0 Å². The Morgan fingerprint density at radius 3 is 3.10 bits per heavy atom. The maximum Gasteiger partial charge on any atom is 0.290 e. The summed E-state index contributed by atoms with van der Waals surface area (Å²) in [6.45, 7) is 2.00. The fraction of sp³-hybridized carbons (Fsp3) is 0.643. The fourth-order valence-electron chi connectivity index (χ4n) is 3.89. The normalized spacial score (nSPS) is 31.5. The van der Waals surface area contributed by atoms with Gasteiger partial charge in [0.2, 0.25) is 5.91 Å². The minimum Gasteiger partial charge on any atom is -0.353 e. The van der Waals surface area contributed by atoms with E-state index in [0.29, 0.717) is 31.8 Å². The summed E-state index contributed by atoms with van der Waals surface area (Å²) in [5.41, 5.74) is -0.587. The summed E-state index contributed by atoms with van der Waals surface area (Å²) in [7, 11) is 1.80. The van der Waals surface area contributed by atoms with Crippen molar-refractivity contribution in [3.05, 3.63) is 18.2 Å². The molecular formula is C14H18N4O3. The van der Waals surface area contributed by atoms with E-state index in [1.807, 2.05) is 4.90 Å². The SMILES string of the molecule is Cn1ccnc1C(=O)N1CC[C@@]23OCCCN2C(=O)C[C@@H]13. The van der Waals surface area contributed by atoms with Gasteiger partial charge in [0.25, 0.3) is 5.91 Å². The smallest absolute Gasteiger partial charge is 0.290 e. The van der Waals surface area contributed by atoms with Crippen molar-refractivity contribution in [3.63, 3.8) is 0 Å². The Morgan fingerprint density at radius 1 is 1.48 bits per heavy atom. The summed E-state index contributed by atoms with van der Waals surface area (Å²) >= 11 is 0. The number of hydrogen-bond donors (Lipinski definition) is 0. The zero-order valence-corrected chi connectivity index (χ0v) is 12.0. The molecule has 2 amide bonds. The number of carbonyl (C=O) groups is 2. The zero-order chi connectivity index (χ0) is 14.6. The number of nitrogens with zero attached hydrogens (tertiary/aromatic N) is 4. The molecule has 4 heterocycles. The van der Waals surface area contributed by atoms with Crippen molar-refractivity contribution >= 4 is 11.8 Å². The Kier molecular flexibility index (Phi) is 2.63. The van der Waals surface area contributed by atoms with Crippen molar-refractivity contribution < 1.29 is 14.3 Å². The van der Waals surface area contributed by atoms with E-state index in [2.05, 4.69) is 4.98 Å². The second-order valence-electron chi connectivity index (χ2n) is 5.92. The van der Waals surface area contributed by atoms with Gasteiger partial charge in [-0.15, -0.1) is 0 Å². The number of imidazole rings is 1. The van der Waals surface area contributed by atoms with Crippen molar-refractivity contribution in [2.45, 2.75) is 31.0 Å². The van der Waals surface area contributed by atoms with Crippen LogP contribution in [-0.4, -0.2) is 62.6 Å². The second kappa shape index (κ2) is 4.30. The molecule has 3 aliphatic heterocycles. The van der Waals surface area contributed by atoms with Crippen LogP contribution < -0.4 is 0 Å². The summed E-state index contributed by atoms with van der Waals surface area (Å²) in [6.07, 6.45) is 5.29. The van der Waals surface area contributed by atoms with Crippen LogP contribution in [0.1, 0.15) is 29.9 Å². The third kappa shape index (κ3) is 1.61. The van der Waals surface area contributed by atoms with Crippen LogP contribution in [0.15, 0.2) is 12.4 Å². The van der Waals surface area contributed by atoms with Gasteiger partial charge in [0.1, 0.15) is 0 Å². The Balaban J connectivity index is 1.67. The van der Waals surface area contributed by atoms with E-state index >= 15 is 0 Å². The molecule has 0 aromatic carbocycles. The average Bonchev–Trinajstić information content (AvgIpc) is 3.11. The highest BCUT2D eigenvalue weighted by atomic mass is 16.5. The number of hydrogen-bond acceptors (Lipinski definition) is 4. The molecule has 4 rings (SSSR count). The Morgan fingerprint density at radius 2 is 2.33 bits per heavy atom. The summed E-state index contributed by atoms with van der Waals surface area (Å²) < 4.78 is 7.71. The average molecular weight is 290 g/mol. The van der Waals surface area contributed by atoms with Gasteiger partial charge in [0, 0.05) is 39.0 Å². The third-order valence-electron chi connectivity index (χ3n) is 4.89. The minimum atomic E-state index is -0.587. The molecule has 21 heavy (non-hydrogen) atoms. The fourth-order valence-corrected chi connectivity index (χ4v) is 3.89. The number of rotatable bonds is 1. The van der Waals surface area contributed by atoms with Gasteiger partial charge in [-0.05, 0) is 6.42 Å². The number of likely N-dealkylation sites (tertiary alicyclic amines) is 1. The molecule has 2 atom stereocenters. The minimum absolute atomic E-state index is 0.0945. The third-order valence-corrected chi connectivity index (χ3v) is 4.89. The van der Waals surface area contributed by atoms with Crippen LogP contribution >= 0.6 is 0 Å². The quantitative estimate of drug-likeness (QED) is 0.729. The molecule has 7 heteroatoms. The van der Waals surface area contributed by atoms with Crippen molar-refractivity contribution in [2.75, 3.05) is 19.7 Å². The number of carbonyl (C=O) groups excluding carboxylic acids is 2. The molecule has 0 aliphatic carbocycles. The predicted octanol–water partition coefficient (Wildman–Crippen LogP) is -0.0165. The zero-order valence-electron chi connectivity index (χ0n) is 12.0. The number of aromatic nitrogens is 2. The van der Waals surface area contributed by atoms with E-state index in [1.54, 1.807) is 28.9 Å². The lowest BCUT2D eigenvalue weighted by atomic mass is 10.0. The van der Waals surface area contributed by atoms with Crippen LogP contribution in [0.2, 0.25) is 0 Å². The second-order valence-corrected chi connectivity index (χ2v) is 5.92. The van der Waals surface area contributed by atoms with Gasteiger partial charge in [-0.1, -0.05) is 0 Å². The van der Waals surface area contributed by atoms with E-state index in [9.17, 15) is 9.59 Å². The first-order chi connectivity index (χ1) is 10.1. The molecule has 3 saturated heterocycles. The van der Waals surface area contributed by atoms with Crippen LogP contribution in [0.4, 0.5) is 0 Å². The van der Waals surface area contributed by atoms with E-state index in [4.69, 9.17) is 4.74 Å². The first-order valence-electron chi connectivity index (χ1n) is 7.36. The molecule has 0 N–H and O–H groups in total. The molecule has 3 fully saturated rings. The topological polar surface area (TPSA) is 67.7 Å². The molecule has 0 bridgehead atoms. The lowest BCUT2D eigenvalue weighted by Gasteiger charge is -2.42. The van der Waals surface area contributed by atoms with Gasteiger partial charge < -0.3 is 19.1 Å². The molecule has 1 spiro atoms. The molecule has 3 aliphatic rings. The number of aryl methyl sites for hydroxylation is 1. The molecule has 0 radical (unpaired) electrons. The maximum absolute atomic E-state index is 12.7. The highest BCUT2D eigenvalue weighted by molar-refractivity contribution is 5.93. The van der Waals surface area contributed by atoms with Gasteiger partial charge in [-0.25, -0.2) is 4.98 Å². The van der Waals surface area contributed by atoms with E-state index < -0.39 is 5.72 Å². The summed E-state index contributed by atoms with van der Waals surface area (Å²) in [6, 6.07) is -0.186. The van der Waals surface area contributed by atoms with Crippen LogP contribution in [0.25, 0.3) is 0 Å². The predicted molar refractivity (Wildman–Crippen MR) is 72.3 cm³/mol. The van der Waals surface area contributed by atoms with E-state index in [1.165, 1.54) is 0 Å². The first kappa shape index (κ1) is 12.8. The molecule has 112 valence electrons. The van der Waals surface area contributed by atoms with Crippen LogP contribution in [0.3, 0.4) is 0 Å². The van der Waals surface area contributed by atoms with Crippen molar-refractivity contribution in [1.29, 1.82) is 0 Å².